The number of hydroxylamine groups is 2. The Hall–Kier alpha value is -1.57. The fourth-order valence-electron chi connectivity index (χ4n) is 1.60. The molecule has 112 valence electrons. The van der Waals surface area contributed by atoms with Gasteiger partial charge in [-0.1, -0.05) is 18.2 Å². The van der Waals surface area contributed by atoms with E-state index in [0.29, 0.717) is 5.56 Å². The quantitative estimate of drug-likeness (QED) is 0.859. The van der Waals surface area contributed by atoms with Gasteiger partial charge in [-0.15, -0.1) is 0 Å². The summed E-state index contributed by atoms with van der Waals surface area (Å²) in [4.78, 5) is 7.20. The Bertz CT molecular complexity index is 557. The molecule has 0 bridgehead atoms. The molecule has 0 unspecified atom stereocenters. The molecule has 0 radical (unpaired) electrons. The third-order valence-electron chi connectivity index (χ3n) is 2.52. The van der Waals surface area contributed by atoms with E-state index >= 15 is 0 Å². The molecule has 2 rings (SSSR count). The second kappa shape index (κ2) is 7.28. The first-order chi connectivity index (χ1) is 9.34. The van der Waals surface area contributed by atoms with Crippen molar-refractivity contribution in [3.63, 3.8) is 0 Å². The van der Waals surface area contributed by atoms with Crippen molar-refractivity contribution in [1.82, 2.24) is 9.96 Å². The highest BCUT2D eigenvalue weighted by molar-refractivity contribution is 7.85. The molecule has 0 aliphatic carbocycles. The predicted molar refractivity (Wildman–Crippen MR) is 76.2 cm³/mol. The fourth-order valence-corrected chi connectivity index (χ4v) is 2.32. The molecule has 0 atom stereocenters. The van der Waals surface area contributed by atoms with Gasteiger partial charge in [0.25, 0.3) is 10.1 Å². The summed E-state index contributed by atoms with van der Waals surface area (Å²) in [7, 11) is -2.02. The fraction of sp³-hybridized carbons (Fsp3) is 0.385. The van der Waals surface area contributed by atoms with Crippen LogP contribution in [0.5, 0.6) is 0 Å². The molecule has 0 fully saturated rings. The van der Waals surface area contributed by atoms with E-state index in [1.54, 1.807) is 30.2 Å². The third-order valence-corrected chi connectivity index (χ3v) is 3.53. The van der Waals surface area contributed by atoms with Crippen LogP contribution in [0.15, 0.2) is 41.6 Å². The Morgan fingerprint density at radius 1 is 1.30 bits per heavy atom. The highest BCUT2D eigenvalue weighted by atomic mass is 32.2. The first-order valence-electron chi connectivity index (χ1n) is 6.16. The van der Waals surface area contributed by atoms with Crippen LogP contribution in [0.25, 0.3) is 0 Å². The molecular weight excluding hydrogens is 280 g/mol. The average molecular weight is 300 g/mol. The van der Waals surface area contributed by atoms with Gasteiger partial charge in [0.2, 0.25) is 0 Å². The molecule has 1 heterocycles. The summed E-state index contributed by atoms with van der Waals surface area (Å²) in [5.74, 6) is 0. The number of rotatable bonds is 3. The van der Waals surface area contributed by atoms with Crippen LogP contribution in [0.2, 0.25) is 0 Å². The number of aryl methyl sites for hydroxylation is 1. The Balaban J connectivity index is 0.000000204. The molecule has 1 aromatic carbocycles. The molecule has 0 aromatic heterocycles. The zero-order chi connectivity index (χ0) is 15.2. The van der Waals surface area contributed by atoms with Gasteiger partial charge in [-0.25, -0.2) is 5.06 Å². The molecule has 1 N–H and O–H groups in total. The van der Waals surface area contributed by atoms with E-state index in [4.69, 9.17) is 9.39 Å². The van der Waals surface area contributed by atoms with Crippen molar-refractivity contribution in [2.24, 2.45) is 0 Å². The molecule has 1 aromatic rings. The predicted octanol–water partition coefficient (Wildman–Crippen LogP) is 1.86. The highest BCUT2D eigenvalue weighted by Gasteiger charge is 2.10. The van der Waals surface area contributed by atoms with Crippen molar-refractivity contribution in [1.29, 1.82) is 0 Å². The second-order valence-corrected chi connectivity index (χ2v) is 5.66. The summed E-state index contributed by atoms with van der Waals surface area (Å²) in [5, 5.41) is 1.81. The number of nitrogens with zero attached hydrogens (tertiary/aromatic N) is 2. The van der Waals surface area contributed by atoms with Gasteiger partial charge in [0.15, 0.2) is 0 Å². The topological polar surface area (TPSA) is 70.1 Å². The van der Waals surface area contributed by atoms with Crippen molar-refractivity contribution in [3.8, 4) is 0 Å². The van der Waals surface area contributed by atoms with E-state index in [2.05, 4.69) is 4.90 Å². The van der Waals surface area contributed by atoms with Crippen LogP contribution in [-0.4, -0.2) is 43.3 Å². The van der Waals surface area contributed by atoms with Gasteiger partial charge in [-0.3, -0.25) is 9.39 Å². The monoisotopic (exact) mass is 300 g/mol. The first-order valence-corrected chi connectivity index (χ1v) is 7.60. The van der Waals surface area contributed by atoms with Crippen LogP contribution in [0.1, 0.15) is 12.5 Å². The summed E-state index contributed by atoms with van der Waals surface area (Å²) in [6, 6.07) is 6.27. The van der Waals surface area contributed by atoms with E-state index in [1.165, 1.54) is 6.07 Å². The van der Waals surface area contributed by atoms with Gasteiger partial charge in [-0.05, 0) is 25.5 Å². The van der Waals surface area contributed by atoms with Crippen molar-refractivity contribution in [3.05, 3.63) is 42.2 Å². The minimum atomic E-state index is -4.03. The van der Waals surface area contributed by atoms with Crippen LogP contribution in [0.4, 0.5) is 0 Å². The maximum atomic E-state index is 10.6. The Labute approximate surface area is 120 Å². The van der Waals surface area contributed by atoms with Gasteiger partial charge in [0.1, 0.15) is 6.67 Å². The minimum absolute atomic E-state index is 0.0278. The highest BCUT2D eigenvalue weighted by Crippen LogP contribution is 2.12. The number of hydrogen-bond acceptors (Lipinski definition) is 5. The molecule has 7 heteroatoms. The standard InChI is InChI=1S/C7H8O3S.C6H12N2O/c1-6-4-2-3-5-7(6)11(8,9)10;1-3-9-8-5-4-7(2)6-8/h2-5H,1H3,(H,8,9,10);4-5H,3,6H2,1-2H3. The lowest BCUT2D eigenvalue weighted by Gasteiger charge is -2.15. The van der Waals surface area contributed by atoms with E-state index in [-0.39, 0.29) is 4.90 Å². The van der Waals surface area contributed by atoms with Crippen LogP contribution < -0.4 is 0 Å². The first kappa shape index (κ1) is 16.5. The average Bonchev–Trinajstić information content (AvgIpc) is 2.75. The molecule has 6 nitrogen and oxygen atoms in total. The SMILES string of the molecule is CCON1C=CN(C)C1.Cc1ccccc1S(=O)(=O)O. The van der Waals surface area contributed by atoms with Gasteiger partial charge < -0.3 is 4.90 Å². The lowest BCUT2D eigenvalue weighted by molar-refractivity contribution is -0.121. The summed E-state index contributed by atoms with van der Waals surface area (Å²) in [5.41, 5.74) is 0.551. The second-order valence-electron chi connectivity index (χ2n) is 4.27. The Morgan fingerprint density at radius 2 is 1.95 bits per heavy atom. The lowest BCUT2D eigenvalue weighted by atomic mass is 10.2. The van der Waals surface area contributed by atoms with Crippen molar-refractivity contribution in [2.45, 2.75) is 18.7 Å². The minimum Gasteiger partial charge on any atom is -0.360 e. The van der Waals surface area contributed by atoms with Crippen molar-refractivity contribution >= 4 is 10.1 Å². The number of benzene rings is 1. The summed E-state index contributed by atoms with van der Waals surface area (Å²) < 4.78 is 29.9. The zero-order valence-electron chi connectivity index (χ0n) is 11.9. The van der Waals surface area contributed by atoms with Crippen LogP contribution in [0, 0.1) is 6.92 Å². The van der Waals surface area contributed by atoms with Gasteiger partial charge in [0, 0.05) is 19.4 Å². The summed E-state index contributed by atoms with van der Waals surface area (Å²) >= 11 is 0. The Morgan fingerprint density at radius 3 is 2.35 bits per heavy atom. The molecule has 20 heavy (non-hydrogen) atoms. The van der Waals surface area contributed by atoms with E-state index < -0.39 is 10.1 Å². The largest absolute Gasteiger partial charge is 0.360 e. The Kier molecular flexibility index (Phi) is 6.00. The van der Waals surface area contributed by atoms with E-state index in [0.717, 1.165) is 13.3 Å². The molecule has 0 saturated carbocycles. The molecule has 1 aliphatic rings. The summed E-state index contributed by atoms with van der Waals surface area (Å²) in [6.07, 6.45) is 3.90. The van der Waals surface area contributed by atoms with Crippen LogP contribution >= 0.6 is 0 Å². The third kappa shape index (κ3) is 5.20. The maximum Gasteiger partial charge on any atom is 0.294 e. The maximum absolute atomic E-state index is 10.6. The molecule has 0 amide bonds. The molecule has 0 saturated heterocycles. The van der Waals surface area contributed by atoms with Crippen molar-refractivity contribution < 1.29 is 17.8 Å². The molecule has 0 spiro atoms. The zero-order valence-corrected chi connectivity index (χ0v) is 12.7. The van der Waals surface area contributed by atoms with Crippen LogP contribution in [0.3, 0.4) is 0 Å². The smallest absolute Gasteiger partial charge is 0.294 e. The molecular formula is C13H20N2O4S. The van der Waals surface area contributed by atoms with Gasteiger partial charge in [-0.2, -0.15) is 8.42 Å². The van der Waals surface area contributed by atoms with E-state index in [1.807, 2.05) is 26.4 Å². The van der Waals surface area contributed by atoms with E-state index in [9.17, 15) is 8.42 Å². The lowest BCUT2D eigenvalue weighted by Crippen LogP contribution is -2.22. The van der Waals surface area contributed by atoms with Crippen molar-refractivity contribution in [2.75, 3.05) is 20.3 Å². The van der Waals surface area contributed by atoms with Crippen LogP contribution in [-0.2, 0) is 15.0 Å². The van der Waals surface area contributed by atoms with Gasteiger partial charge >= 0.3 is 0 Å². The van der Waals surface area contributed by atoms with Gasteiger partial charge in [0.05, 0.1) is 11.5 Å². The molecule has 1 aliphatic heterocycles. The summed E-state index contributed by atoms with van der Waals surface area (Å²) in [6.45, 7) is 5.18. The number of hydrogen-bond donors (Lipinski definition) is 1. The normalized spacial score (nSPS) is 14.2.